The van der Waals surface area contributed by atoms with Crippen molar-refractivity contribution in [1.82, 2.24) is 9.38 Å². The van der Waals surface area contributed by atoms with Crippen molar-refractivity contribution in [2.45, 2.75) is 0 Å². The predicted molar refractivity (Wildman–Crippen MR) is 122 cm³/mol. The summed E-state index contributed by atoms with van der Waals surface area (Å²) in [5, 5.41) is 5.67. The third kappa shape index (κ3) is 3.87. The number of carbonyl (C=O) groups excluding carboxylic acids is 1. The number of benzene rings is 2. The molecule has 5 rings (SSSR count). The summed E-state index contributed by atoms with van der Waals surface area (Å²) in [5.74, 6) is 1.17. The normalized spacial score (nSPS) is 12.5. The lowest BCUT2D eigenvalue weighted by Gasteiger charge is -2.19. The Morgan fingerprint density at radius 1 is 1.09 bits per heavy atom. The number of imidazole rings is 1. The fraction of sp³-hybridized carbons (Fsp3) is 0.130. The largest absolute Gasteiger partial charge is 0.486 e. The highest BCUT2D eigenvalue weighted by Gasteiger charge is 2.23. The van der Waals surface area contributed by atoms with E-state index in [1.54, 1.807) is 46.9 Å². The molecular weight excluding hydrogens is 451 g/mol. The maximum absolute atomic E-state index is 14.8. The standard InChI is InChI=1S/C23H18ClFN4O4/c1-31-19-7-3-6-18-27-21(20-14(24)4-2-5-15(20)25)22(29(18)19)28-23(30)26-13-8-9-16-17(12-13)33-11-10-32-16/h2-9,12H,10-11H2,1H3,(H2,26,28,30). The van der Waals surface area contributed by atoms with Gasteiger partial charge in [0.05, 0.1) is 17.7 Å². The van der Waals surface area contributed by atoms with Gasteiger partial charge in [-0.2, -0.15) is 0 Å². The summed E-state index contributed by atoms with van der Waals surface area (Å²) in [4.78, 5) is 17.5. The first kappa shape index (κ1) is 20.9. The molecule has 168 valence electrons. The number of nitrogens with one attached hydrogen (secondary N) is 2. The van der Waals surface area contributed by atoms with E-state index in [2.05, 4.69) is 15.6 Å². The fourth-order valence-electron chi connectivity index (χ4n) is 3.63. The molecule has 0 spiro atoms. The number of anilines is 2. The maximum atomic E-state index is 14.8. The van der Waals surface area contributed by atoms with E-state index in [4.69, 9.17) is 25.8 Å². The van der Waals surface area contributed by atoms with Crippen LogP contribution in [0.25, 0.3) is 16.9 Å². The van der Waals surface area contributed by atoms with Crippen LogP contribution in [0.5, 0.6) is 17.4 Å². The molecule has 2 N–H and O–H groups in total. The molecule has 8 nitrogen and oxygen atoms in total. The average molecular weight is 469 g/mol. The zero-order valence-electron chi connectivity index (χ0n) is 17.4. The third-order valence-electron chi connectivity index (χ3n) is 5.05. The topological polar surface area (TPSA) is 86.1 Å². The molecule has 0 unspecified atom stereocenters. The summed E-state index contributed by atoms with van der Waals surface area (Å²) in [7, 11) is 1.49. The van der Waals surface area contributed by atoms with E-state index in [0.717, 1.165) is 0 Å². The highest BCUT2D eigenvalue weighted by molar-refractivity contribution is 6.33. The minimum absolute atomic E-state index is 0.0690. The molecule has 0 fully saturated rings. The lowest BCUT2D eigenvalue weighted by Crippen LogP contribution is -2.21. The number of hydrogen-bond acceptors (Lipinski definition) is 5. The van der Waals surface area contributed by atoms with Gasteiger partial charge in [-0.1, -0.05) is 23.7 Å². The number of fused-ring (bicyclic) bond motifs is 2. The lowest BCUT2D eigenvalue weighted by atomic mass is 10.1. The van der Waals surface area contributed by atoms with Crippen molar-refractivity contribution in [2.75, 3.05) is 31.0 Å². The van der Waals surface area contributed by atoms with Crippen molar-refractivity contribution in [1.29, 1.82) is 0 Å². The van der Waals surface area contributed by atoms with Gasteiger partial charge in [0.2, 0.25) is 5.88 Å². The average Bonchev–Trinajstić information content (AvgIpc) is 3.16. The molecule has 0 radical (unpaired) electrons. The van der Waals surface area contributed by atoms with Crippen LogP contribution in [0, 0.1) is 5.82 Å². The summed E-state index contributed by atoms with van der Waals surface area (Å²) in [6, 6.07) is 14.0. The van der Waals surface area contributed by atoms with E-state index >= 15 is 0 Å². The van der Waals surface area contributed by atoms with Crippen molar-refractivity contribution in [3.63, 3.8) is 0 Å². The number of urea groups is 1. The second-order valence-electron chi connectivity index (χ2n) is 7.10. The van der Waals surface area contributed by atoms with Gasteiger partial charge in [0.1, 0.15) is 36.2 Å². The molecule has 2 aromatic heterocycles. The van der Waals surface area contributed by atoms with Gasteiger partial charge in [0, 0.05) is 11.8 Å². The van der Waals surface area contributed by atoms with Crippen LogP contribution in [0.4, 0.5) is 20.7 Å². The van der Waals surface area contributed by atoms with E-state index in [9.17, 15) is 9.18 Å². The Morgan fingerprint density at radius 3 is 2.67 bits per heavy atom. The summed E-state index contributed by atoms with van der Waals surface area (Å²) in [6.45, 7) is 0.898. The van der Waals surface area contributed by atoms with Crippen molar-refractivity contribution in [2.24, 2.45) is 0 Å². The third-order valence-corrected chi connectivity index (χ3v) is 5.36. The van der Waals surface area contributed by atoms with Crippen molar-refractivity contribution < 1.29 is 23.4 Å². The smallest absolute Gasteiger partial charge is 0.324 e. The maximum Gasteiger partial charge on any atom is 0.324 e. The van der Waals surface area contributed by atoms with Crippen LogP contribution in [-0.4, -0.2) is 35.7 Å². The number of aromatic nitrogens is 2. The van der Waals surface area contributed by atoms with Crippen LogP contribution < -0.4 is 24.8 Å². The number of hydrogen-bond donors (Lipinski definition) is 2. The first-order valence-corrected chi connectivity index (χ1v) is 10.4. The molecule has 2 amide bonds. The number of amides is 2. The molecule has 1 aliphatic heterocycles. The molecule has 1 aliphatic rings. The van der Waals surface area contributed by atoms with Crippen molar-refractivity contribution in [3.05, 3.63) is 65.4 Å². The number of ether oxygens (including phenoxy) is 3. The van der Waals surface area contributed by atoms with Crippen LogP contribution in [0.2, 0.25) is 5.02 Å². The highest BCUT2D eigenvalue weighted by Crippen LogP contribution is 2.38. The Balaban J connectivity index is 1.55. The molecule has 0 bridgehead atoms. The summed E-state index contributed by atoms with van der Waals surface area (Å²) in [5.41, 5.74) is 1.17. The highest BCUT2D eigenvalue weighted by atomic mass is 35.5. The van der Waals surface area contributed by atoms with Gasteiger partial charge in [-0.25, -0.2) is 18.6 Å². The Kier molecular flexibility index (Phi) is 5.39. The van der Waals surface area contributed by atoms with Crippen LogP contribution in [-0.2, 0) is 0 Å². The Bertz CT molecular complexity index is 1350. The second kappa shape index (κ2) is 8.51. The predicted octanol–water partition coefficient (Wildman–Crippen LogP) is 5.22. The molecule has 10 heteroatoms. The molecule has 4 aromatic rings. The van der Waals surface area contributed by atoms with Crippen molar-refractivity contribution >= 4 is 34.8 Å². The summed E-state index contributed by atoms with van der Waals surface area (Å²) in [6.07, 6.45) is 0. The molecule has 0 saturated carbocycles. The van der Waals surface area contributed by atoms with E-state index < -0.39 is 11.8 Å². The van der Waals surface area contributed by atoms with E-state index in [0.29, 0.717) is 41.9 Å². The molecule has 0 aliphatic carbocycles. The zero-order valence-corrected chi connectivity index (χ0v) is 18.1. The van der Waals surface area contributed by atoms with E-state index in [1.807, 2.05) is 0 Å². The molecule has 3 heterocycles. The number of methoxy groups -OCH3 is 1. The van der Waals surface area contributed by atoms with Crippen LogP contribution in [0.15, 0.2) is 54.6 Å². The monoisotopic (exact) mass is 468 g/mol. The molecule has 2 aromatic carbocycles. The van der Waals surface area contributed by atoms with Crippen LogP contribution >= 0.6 is 11.6 Å². The first-order valence-electron chi connectivity index (χ1n) is 10.0. The van der Waals surface area contributed by atoms with Gasteiger partial charge >= 0.3 is 6.03 Å². The van der Waals surface area contributed by atoms with E-state index in [-0.39, 0.29) is 22.1 Å². The van der Waals surface area contributed by atoms with Gasteiger partial charge in [0.25, 0.3) is 0 Å². The molecule has 33 heavy (non-hydrogen) atoms. The molecule has 0 saturated heterocycles. The fourth-order valence-corrected chi connectivity index (χ4v) is 3.88. The van der Waals surface area contributed by atoms with Gasteiger partial charge in [-0.05, 0) is 36.4 Å². The van der Waals surface area contributed by atoms with Gasteiger partial charge in [0.15, 0.2) is 11.5 Å². The second-order valence-corrected chi connectivity index (χ2v) is 7.51. The SMILES string of the molecule is COc1cccc2nc(-c3c(F)cccc3Cl)c(NC(=O)Nc3ccc4c(c3)OCCO4)n12. The minimum atomic E-state index is -0.576. The summed E-state index contributed by atoms with van der Waals surface area (Å²) >= 11 is 6.30. The van der Waals surface area contributed by atoms with E-state index in [1.165, 1.54) is 19.2 Å². The van der Waals surface area contributed by atoms with Crippen LogP contribution in [0.1, 0.15) is 0 Å². The summed E-state index contributed by atoms with van der Waals surface area (Å²) < 4.78 is 32.8. The number of halogens is 2. The Hall–Kier alpha value is -3.98. The number of pyridine rings is 1. The minimum Gasteiger partial charge on any atom is -0.486 e. The van der Waals surface area contributed by atoms with Crippen molar-refractivity contribution in [3.8, 4) is 28.6 Å². The number of rotatable bonds is 4. The number of nitrogens with zero attached hydrogens (tertiary/aromatic N) is 2. The van der Waals surface area contributed by atoms with Gasteiger partial charge in [-0.3, -0.25) is 5.32 Å². The number of carbonyl (C=O) groups is 1. The Labute approximate surface area is 192 Å². The van der Waals surface area contributed by atoms with Gasteiger partial charge < -0.3 is 19.5 Å². The Morgan fingerprint density at radius 2 is 1.88 bits per heavy atom. The lowest BCUT2D eigenvalue weighted by molar-refractivity contribution is 0.171. The van der Waals surface area contributed by atoms with Gasteiger partial charge in [-0.15, -0.1) is 0 Å². The molecular formula is C23H18ClFN4O4. The quantitative estimate of drug-likeness (QED) is 0.429. The van der Waals surface area contributed by atoms with Crippen LogP contribution in [0.3, 0.4) is 0 Å². The molecule has 0 atom stereocenters. The zero-order chi connectivity index (χ0) is 22.9. The first-order chi connectivity index (χ1) is 16.0.